The zero-order chi connectivity index (χ0) is 22.9. The molecule has 0 spiro atoms. The summed E-state index contributed by atoms with van der Waals surface area (Å²) in [6.45, 7) is 8.56. The molecule has 0 aliphatic rings. The molecule has 0 aromatic carbocycles. The Labute approximate surface area is 182 Å². The average molecular weight is 527 g/mol. The van der Waals surface area contributed by atoms with Crippen LogP contribution >= 0.6 is 0 Å². The second kappa shape index (κ2) is 26.6. The molecule has 0 saturated heterocycles. The van der Waals surface area contributed by atoms with E-state index in [9.17, 15) is 9.59 Å². The Morgan fingerprint density at radius 3 is 1.28 bits per heavy atom. The number of hydrogen-bond donors (Lipinski definition) is 0. The van der Waals surface area contributed by atoms with Crippen molar-refractivity contribution in [1.82, 2.24) is 0 Å². The molecule has 0 rings (SSSR count). The van der Waals surface area contributed by atoms with E-state index < -0.39 is 33.1 Å². The van der Waals surface area contributed by atoms with E-state index >= 15 is 0 Å². The van der Waals surface area contributed by atoms with Crippen molar-refractivity contribution in [2.75, 3.05) is 39.6 Å². The Hall–Kier alpha value is -1.40. The summed E-state index contributed by atoms with van der Waals surface area (Å²) in [7, 11) is 0. The number of esters is 2. The van der Waals surface area contributed by atoms with E-state index in [1.807, 2.05) is 13.8 Å². The molecular weight excluding hydrogens is 495 g/mol. The fraction of sp³-hybridized carbons (Fsp3) is 0.778. The van der Waals surface area contributed by atoms with Crippen molar-refractivity contribution in [3.05, 3.63) is 0 Å². The molecule has 168 valence electrons. The van der Waals surface area contributed by atoms with Gasteiger partial charge in [-0.1, -0.05) is 0 Å². The molecule has 0 radical (unpaired) electrons. The predicted molar refractivity (Wildman–Crippen MR) is 101 cm³/mol. The number of aliphatic carboxylic acids is 2. The van der Waals surface area contributed by atoms with Gasteiger partial charge >= 0.3 is 137 Å². The number of carbonyl (C=O) groups excluding carboxylic acids is 4. The summed E-state index contributed by atoms with van der Waals surface area (Å²) in [6, 6.07) is 0. The number of carboxylic acids is 2. The molecule has 0 aliphatic heterocycles. The molecule has 29 heavy (non-hydrogen) atoms. The molecule has 0 bridgehead atoms. The van der Waals surface area contributed by atoms with Crippen LogP contribution in [0.2, 0.25) is 8.87 Å². The SMILES string of the molecule is CC(=O)[O-].CC(=O)[O-].CCOCCOC(=O)C[CH2][Sn+2][CH2]CC(=O)OCCOCC. The molecule has 0 unspecified atom stereocenters. The van der Waals surface area contributed by atoms with Gasteiger partial charge < -0.3 is 19.8 Å². The Morgan fingerprint density at radius 2 is 1.00 bits per heavy atom. The first-order valence-electron chi connectivity index (χ1n) is 9.19. The molecule has 0 fully saturated rings. The van der Waals surface area contributed by atoms with Crippen molar-refractivity contribution in [3.8, 4) is 0 Å². The van der Waals surface area contributed by atoms with Crippen LogP contribution in [0.3, 0.4) is 0 Å². The van der Waals surface area contributed by atoms with Crippen molar-refractivity contribution < 1.29 is 48.3 Å². The van der Waals surface area contributed by atoms with Gasteiger partial charge in [0, 0.05) is 11.9 Å². The molecule has 0 saturated carbocycles. The van der Waals surface area contributed by atoms with Gasteiger partial charge in [0.05, 0.1) is 0 Å². The zero-order valence-corrected chi connectivity index (χ0v) is 20.5. The van der Waals surface area contributed by atoms with Gasteiger partial charge in [0.2, 0.25) is 0 Å². The van der Waals surface area contributed by atoms with Gasteiger partial charge in [-0.25, -0.2) is 0 Å². The predicted octanol–water partition coefficient (Wildman–Crippen LogP) is -1.02. The maximum absolute atomic E-state index is 11.4. The summed E-state index contributed by atoms with van der Waals surface area (Å²) >= 11 is -0.675. The number of rotatable bonds is 14. The third-order valence-electron chi connectivity index (χ3n) is 2.40. The van der Waals surface area contributed by atoms with E-state index in [0.717, 1.165) is 22.7 Å². The molecule has 11 heteroatoms. The zero-order valence-electron chi connectivity index (χ0n) is 17.7. The third kappa shape index (κ3) is 46.5. The summed E-state index contributed by atoms with van der Waals surface area (Å²) in [4.78, 5) is 40.5. The fourth-order valence-corrected chi connectivity index (χ4v) is 4.26. The van der Waals surface area contributed by atoms with Crippen LogP contribution < -0.4 is 10.2 Å². The van der Waals surface area contributed by atoms with E-state index in [1.54, 1.807) is 0 Å². The van der Waals surface area contributed by atoms with Crippen LogP contribution in [0.4, 0.5) is 0 Å². The van der Waals surface area contributed by atoms with Crippen molar-refractivity contribution in [2.24, 2.45) is 0 Å². The van der Waals surface area contributed by atoms with Crippen LogP contribution in [0.1, 0.15) is 40.5 Å². The Kier molecular flexibility index (Phi) is 29.6. The number of carbonyl (C=O) groups is 4. The van der Waals surface area contributed by atoms with Gasteiger partial charge in [-0.2, -0.15) is 0 Å². The minimum absolute atomic E-state index is 0.171. The van der Waals surface area contributed by atoms with Gasteiger partial charge in [-0.15, -0.1) is 0 Å². The molecule has 0 N–H and O–H groups in total. The summed E-state index contributed by atoms with van der Waals surface area (Å²) in [5.41, 5.74) is 0. The molecule has 0 atom stereocenters. The van der Waals surface area contributed by atoms with Crippen LogP contribution in [0.15, 0.2) is 0 Å². The van der Waals surface area contributed by atoms with Crippen LogP contribution in [0.25, 0.3) is 0 Å². The Balaban J connectivity index is -0.000000712. The van der Waals surface area contributed by atoms with Crippen LogP contribution in [0.5, 0.6) is 0 Å². The van der Waals surface area contributed by atoms with Crippen LogP contribution in [-0.2, 0) is 38.1 Å². The van der Waals surface area contributed by atoms with Gasteiger partial charge in [-0.3, -0.25) is 0 Å². The molecule has 0 aliphatic carbocycles. The quantitative estimate of drug-likeness (QED) is 0.156. The van der Waals surface area contributed by atoms with E-state index in [-0.39, 0.29) is 11.9 Å². The van der Waals surface area contributed by atoms with E-state index in [1.165, 1.54) is 0 Å². The van der Waals surface area contributed by atoms with Gasteiger partial charge in [0.1, 0.15) is 0 Å². The first kappa shape index (κ1) is 32.3. The summed E-state index contributed by atoms with van der Waals surface area (Å²) in [6.07, 6.45) is 0.912. The summed E-state index contributed by atoms with van der Waals surface area (Å²) < 4.78 is 21.9. The molecule has 0 aromatic heterocycles. The Morgan fingerprint density at radius 1 is 0.690 bits per heavy atom. The Bertz CT molecular complexity index is 383. The monoisotopic (exact) mass is 528 g/mol. The van der Waals surface area contributed by atoms with Gasteiger partial charge in [0.25, 0.3) is 0 Å². The maximum atomic E-state index is 11.4. The molecule has 10 nitrogen and oxygen atoms in total. The molecule has 0 aromatic rings. The van der Waals surface area contributed by atoms with Crippen molar-refractivity contribution >= 4 is 45.0 Å². The van der Waals surface area contributed by atoms with Crippen molar-refractivity contribution in [2.45, 2.75) is 49.4 Å². The van der Waals surface area contributed by atoms with Gasteiger partial charge in [0.15, 0.2) is 0 Å². The number of ether oxygens (including phenoxy) is 4. The second-order valence-corrected chi connectivity index (χ2v) is 9.35. The molecule has 0 amide bonds. The number of hydrogen-bond acceptors (Lipinski definition) is 10. The van der Waals surface area contributed by atoms with Crippen molar-refractivity contribution in [3.63, 3.8) is 0 Å². The average Bonchev–Trinajstić information content (AvgIpc) is 2.61. The summed E-state index contributed by atoms with van der Waals surface area (Å²) in [5.74, 6) is -2.51. The molecular formula is C18H32O10Sn. The van der Waals surface area contributed by atoms with E-state index in [2.05, 4.69) is 0 Å². The normalized spacial score (nSPS) is 8.97. The minimum atomic E-state index is -1.08. The van der Waals surface area contributed by atoms with Crippen LogP contribution in [0, 0.1) is 0 Å². The fourth-order valence-electron chi connectivity index (χ4n) is 1.37. The summed E-state index contributed by atoms with van der Waals surface area (Å²) in [5, 5.41) is 17.8. The number of carboxylic acid groups (broad SMARTS) is 2. The third-order valence-corrected chi connectivity index (χ3v) is 5.85. The van der Waals surface area contributed by atoms with Crippen molar-refractivity contribution in [1.29, 1.82) is 0 Å². The topological polar surface area (TPSA) is 151 Å². The first-order chi connectivity index (χ1) is 13.7. The van der Waals surface area contributed by atoms with E-state index in [0.29, 0.717) is 52.5 Å². The van der Waals surface area contributed by atoms with Crippen LogP contribution in [-0.4, -0.2) is 84.7 Å². The standard InChI is InChI=1S/2C7H13O3.2C2H4O2.Sn/c2*1-3-7(8)10-6-5-9-4-2;2*1-2(3)4;/h2*1,3-6H2,2H3;2*1H3,(H,3,4);/q;;;;+2/p-2. The molecule has 0 heterocycles. The first-order valence-corrected chi connectivity index (χ1v) is 13.2. The van der Waals surface area contributed by atoms with E-state index in [4.69, 9.17) is 38.7 Å². The van der Waals surface area contributed by atoms with Gasteiger partial charge in [-0.05, 0) is 13.8 Å². The second-order valence-electron chi connectivity index (χ2n) is 5.07.